The molecule has 1 saturated carbocycles. The maximum atomic E-state index is 6.28. The number of hydrogen-bond acceptors (Lipinski definition) is 8. The van der Waals surface area contributed by atoms with Gasteiger partial charge >= 0.3 is 0 Å². The number of nitrogen functional groups attached to an aromatic ring is 1. The minimum Gasteiger partial charge on any atom is -0.489 e. The highest BCUT2D eigenvalue weighted by atomic mass is 16.5. The van der Waals surface area contributed by atoms with Crippen molar-refractivity contribution in [1.82, 2.24) is 34.3 Å². The van der Waals surface area contributed by atoms with Crippen LogP contribution >= 0.6 is 0 Å². The van der Waals surface area contributed by atoms with Gasteiger partial charge in [0.2, 0.25) is 0 Å². The fourth-order valence-corrected chi connectivity index (χ4v) is 5.66. The highest BCUT2D eigenvalue weighted by Crippen LogP contribution is 2.53. The summed E-state index contributed by atoms with van der Waals surface area (Å²) >= 11 is 0. The fourth-order valence-electron chi connectivity index (χ4n) is 5.66. The molecule has 2 fully saturated rings. The van der Waals surface area contributed by atoms with E-state index in [1.165, 1.54) is 19.2 Å². The first-order chi connectivity index (χ1) is 19.5. The molecule has 2 N–H and O–H groups in total. The second-order valence-corrected chi connectivity index (χ2v) is 11.0. The molecule has 1 aliphatic carbocycles. The Morgan fingerprint density at radius 1 is 1.02 bits per heavy atom. The highest BCUT2D eigenvalue weighted by Gasteiger charge is 2.52. The number of benzene rings is 1. The highest BCUT2D eigenvalue weighted by molar-refractivity contribution is 6.00. The van der Waals surface area contributed by atoms with Gasteiger partial charge in [0.15, 0.2) is 5.65 Å². The number of aryl methyl sites for hydroxylation is 1. The molecular formula is C30H27N9O. The molecule has 0 amide bonds. The summed E-state index contributed by atoms with van der Waals surface area (Å²) in [6.45, 7) is 2.62. The van der Waals surface area contributed by atoms with Crippen LogP contribution in [-0.2, 0) is 13.7 Å². The average molecular weight is 530 g/mol. The van der Waals surface area contributed by atoms with Crippen LogP contribution in [0.2, 0.25) is 0 Å². The monoisotopic (exact) mass is 529 g/mol. The number of nitrogens with two attached hydrogens (primary N) is 1. The van der Waals surface area contributed by atoms with Gasteiger partial charge < -0.3 is 15.4 Å². The third-order valence-electron chi connectivity index (χ3n) is 8.05. The summed E-state index contributed by atoms with van der Waals surface area (Å²) in [6, 6.07) is 14.3. The van der Waals surface area contributed by atoms with E-state index in [4.69, 9.17) is 15.5 Å². The molecule has 6 aromatic rings. The standard InChI is InChI=1S/C30H27N9O/c1-37-9-6-24(36-37)23-14-39(29-27(23)28(31)33-18-34-29)21-10-19(12-32-13-21)15-40-22-4-2-20-3-5-26(35-25(20)11-22)38-16-30(17-38)7-8-30/h2-6,9-14,18H,7-8,15-17H2,1H3,(H2,31,33,34). The predicted octanol–water partition coefficient (Wildman–Crippen LogP) is 4.53. The zero-order valence-corrected chi connectivity index (χ0v) is 22.0. The molecule has 1 saturated heterocycles. The zero-order valence-electron chi connectivity index (χ0n) is 22.0. The Bertz CT molecular complexity index is 1910. The van der Waals surface area contributed by atoms with Crippen molar-refractivity contribution in [2.24, 2.45) is 12.5 Å². The molecule has 6 heterocycles. The predicted molar refractivity (Wildman–Crippen MR) is 153 cm³/mol. The molecule has 0 unspecified atom stereocenters. The van der Waals surface area contributed by atoms with Gasteiger partial charge in [-0.05, 0) is 49.2 Å². The van der Waals surface area contributed by atoms with Crippen LogP contribution in [0, 0.1) is 5.41 Å². The lowest BCUT2D eigenvalue weighted by atomic mass is 9.97. The van der Waals surface area contributed by atoms with Gasteiger partial charge in [0.05, 0.1) is 28.5 Å². The number of ether oxygens (including phenoxy) is 1. The van der Waals surface area contributed by atoms with Crippen LogP contribution in [0.3, 0.4) is 0 Å². The van der Waals surface area contributed by atoms with Crippen LogP contribution in [0.5, 0.6) is 5.75 Å². The molecule has 5 aromatic heterocycles. The third-order valence-corrected chi connectivity index (χ3v) is 8.05. The number of anilines is 2. The molecule has 0 bridgehead atoms. The number of hydrogen-bond donors (Lipinski definition) is 1. The maximum absolute atomic E-state index is 6.28. The normalized spacial score (nSPS) is 15.6. The minimum atomic E-state index is 0.365. The largest absolute Gasteiger partial charge is 0.489 e. The summed E-state index contributed by atoms with van der Waals surface area (Å²) in [7, 11) is 1.88. The average Bonchev–Trinajstić information content (AvgIpc) is 3.50. The van der Waals surface area contributed by atoms with Crippen LogP contribution in [0.1, 0.15) is 18.4 Å². The summed E-state index contributed by atoms with van der Waals surface area (Å²) in [5, 5.41) is 6.43. The van der Waals surface area contributed by atoms with Crippen LogP contribution in [0.4, 0.5) is 11.6 Å². The molecule has 2 aliphatic rings. The Balaban J connectivity index is 1.06. The van der Waals surface area contributed by atoms with Crippen molar-refractivity contribution < 1.29 is 4.74 Å². The Morgan fingerprint density at radius 3 is 2.73 bits per heavy atom. The third kappa shape index (κ3) is 3.83. The summed E-state index contributed by atoms with van der Waals surface area (Å²) in [6.07, 6.45) is 11.7. The van der Waals surface area contributed by atoms with Crippen LogP contribution in [0.25, 0.3) is 38.9 Å². The number of rotatable bonds is 6. The summed E-state index contributed by atoms with van der Waals surface area (Å²) in [5.41, 5.74) is 12.0. The molecule has 1 spiro atoms. The van der Waals surface area contributed by atoms with E-state index in [-0.39, 0.29) is 0 Å². The molecule has 40 heavy (non-hydrogen) atoms. The van der Waals surface area contributed by atoms with Gasteiger partial charge in [0.1, 0.15) is 30.3 Å². The van der Waals surface area contributed by atoms with E-state index in [1.54, 1.807) is 10.9 Å². The van der Waals surface area contributed by atoms with Crippen molar-refractivity contribution in [3.8, 4) is 22.7 Å². The molecule has 0 atom stereocenters. The van der Waals surface area contributed by atoms with Gasteiger partial charge in [-0.2, -0.15) is 5.10 Å². The van der Waals surface area contributed by atoms with E-state index < -0.39 is 0 Å². The van der Waals surface area contributed by atoms with Gasteiger partial charge in [-0.1, -0.05) is 0 Å². The summed E-state index contributed by atoms with van der Waals surface area (Å²) in [4.78, 5) is 20.5. The van der Waals surface area contributed by atoms with E-state index in [9.17, 15) is 0 Å². The molecule has 8 rings (SSSR count). The lowest BCUT2D eigenvalue weighted by Crippen LogP contribution is -2.48. The van der Waals surface area contributed by atoms with E-state index in [2.05, 4.69) is 43.1 Å². The Kier molecular flexibility index (Phi) is 4.88. The molecular weight excluding hydrogens is 502 g/mol. The maximum Gasteiger partial charge on any atom is 0.150 e. The SMILES string of the molecule is Cn1ccc(-c2cn(-c3cncc(COc4ccc5ccc(N6CC7(CC7)C6)nc5c4)c3)c3ncnc(N)c23)n1. The minimum absolute atomic E-state index is 0.365. The molecule has 10 nitrogen and oxygen atoms in total. The molecule has 10 heteroatoms. The van der Waals surface area contributed by atoms with E-state index >= 15 is 0 Å². The van der Waals surface area contributed by atoms with Gasteiger partial charge in [-0.3, -0.25) is 14.2 Å². The van der Waals surface area contributed by atoms with E-state index in [0.29, 0.717) is 23.5 Å². The number of aromatic nitrogens is 7. The van der Waals surface area contributed by atoms with Crippen LogP contribution in [-0.4, -0.2) is 47.4 Å². The van der Waals surface area contributed by atoms with Gasteiger partial charge in [0, 0.05) is 66.7 Å². The lowest BCUT2D eigenvalue weighted by molar-refractivity contribution is 0.306. The molecule has 1 aromatic carbocycles. The smallest absolute Gasteiger partial charge is 0.150 e. The summed E-state index contributed by atoms with van der Waals surface area (Å²) < 4.78 is 9.93. The fraction of sp³-hybridized carbons (Fsp3) is 0.233. The van der Waals surface area contributed by atoms with Gasteiger partial charge in [-0.15, -0.1) is 0 Å². The lowest BCUT2D eigenvalue weighted by Gasteiger charge is -2.41. The Morgan fingerprint density at radius 2 is 1.90 bits per heavy atom. The van der Waals surface area contributed by atoms with E-state index in [0.717, 1.165) is 63.5 Å². The first-order valence-electron chi connectivity index (χ1n) is 13.4. The first kappa shape index (κ1) is 22.9. The van der Waals surface area contributed by atoms with Gasteiger partial charge in [-0.25, -0.2) is 15.0 Å². The summed E-state index contributed by atoms with van der Waals surface area (Å²) in [5.74, 6) is 2.23. The quantitative estimate of drug-likeness (QED) is 0.335. The number of fused-ring (bicyclic) bond motifs is 2. The second kappa shape index (κ2) is 8.51. The zero-order chi connectivity index (χ0) is 26.8. The second-order valence-electron chi connectivity index (χ2n) is 11.0. The van der Waals surface area contributed by atoms with Crippen LogP contribution < -0.4 is 15.4 Å². The van der Waals surface area contributed by atoms with Crippen molar-refractivity contribution in [3.05, 3.63) is 79.1 Å². The Hall–Kier alpha value is -4.99. The van der Waals surface area contributed by atoms with Crippen LogP contribution in [0.15, 0.2) is 73.6 Å². The van der Waals surface area contributed by atoms with Crippen molar-refractivity contribution in [3.63, 3.8) is 0 Å². The molecule has 0 radical (unpaired) electrons. The van der Waals surface area contributed by atoms with E-state index in [1.807, 2.05) is 54.5 Å². The topological polar surface area (TPSA) is 113 Å². The van der Waals surface area contributed by atoms with Crippen molar-refractivity contribution in [2.45, 2.75) is 19.4 Å². The molecule has 198 valence electrons. The number of pyridine rings is 2. The van der Waals surface area contributed by atoms with Crippen molar-refractivity contribution >= 4 is 33.6 Å². The molecule has 1 aliphatic heterocycles. The first-order valence-corrected chi connectivity index (χ1v) is 13.4. The van der Waals surface area contributed by atoms with Crippen molar-refractivity contribution in [2.75, 3.05) is 23.7 Å². The Labute approximate surface area is 230 Å². The van der Waals surface area contributed by atoms with Crippen molar-refractivity contribution in [1.29, 1.82) is 0 Å². The van der Waals surface area contributed by atoms with Gasteiger partial charge in [0.25, 0.3) is 0 Å². The number of nitrogens with zero attached hydrogens (tertiary/aromatic N) is 8.